The number of carbonyl (C=O) groups is 1. The molecule has 0 unspecified atom stereocenters. The van der Waals surface area contributed by atoms with E-state index in [1.807, 2.05) is 0 Å². The summed E-state index contributed by atoms with van der Waals surface area (Å²) in [6, 6.07) is 7.86. The van der Waals surface area contributed by atoms with Crippen LogP contribution in [-0.4, -0.2) is 12.9 Å². The fourth-order valence-electron chi connectivity index (χ4n) is 1.85. The molecule has 5 heteroatoms. The Morgan fingerprint density at radius 1 is 1.14 bits per heavy atom. The predicted octanol–water partition coefficient (Wildman–Crippen LogP) is 3.76. The number of rotatable bonds is 5. The van der Waals surface area contributed by atoms with Crippen LogP contribution in [0.15, 0.2) is 36.4 Å². The first-order chi connectivity index (χ1) is 10.0. The molecule has 0 aromatic heterocycles. The molecule has 0 heterocycles. The van der Waals surface area contributed by atoms with Gasteiger partial charge >= 0.3 is 0 Å². The summed E-state index contributed by atoms with van der Waals surface area (Å²) in [4.78, 5) is 11.5. The molecule has 0 N–H and O–H groups in total. The number of hydrogen-bond donors (Lipinski definition) is 0. The Labute approximate surface area is 121 Å². The van der Waals surface area contributed by atoms with E-state index in [9.17, 15) is 13.6 Å². The average molecular weight is 292 g/mol. The highest BCUT2D eigenvalue weighted by Gasteiger charge is 2.12. The van der Waals surface area contributed by atoms with Crippen LogP contribution in [0.25, 0.3) is 0 Å². The summed E-state index contributed by atoms with van der Waals surface area (Å²) in [5.74, 6) is -0.524. The van der Waals surface area contributed by atoms with E-state index in [0.717, 1.165) is 18.2 Å². The van der Waals surface area contributed by atoms with Crippen molar-refractivity contribution in [2.24, 2.45) is 0 Å². The topological polar surface area (TPSA) is 35.5 Å². The van der Waals surface area contributed by atoms with Crippen molar-refractivity contribution in [1.82, 2.24) is 0 Å². The van der Waals surface area contributed by atoms with Crippen LogP contribution in [0.5, 0.6) is 11.5 Å². The van der Waals surface area contributed by atoms with Gasteiger partial charge in [0.1, 0.15) is 29.7 Å². The molecule has 2 aromatic carbocycles. The third-order valence-electron chi connectivity index (χ3n) is 2.96. The molecule has 0 atom stereocenters. The van der Waals surface area contributed by atoms with Gasteiger partial charge in [-0.15, -0.1) is 0 Å². The van der Waals surface area contributed by atoms with Gasteiger partial charge in [0.15, 0.2) is 5.78 Å². The number of methoxy groups -OCH3 is 1. The number of hydrogen-bond acceptors (Lipinski definition) is 3. The number of carbonyl (C=O) groups excluding carboxylic acids is 1. The lowest BCUT2D eigenvalue weighted by atomic mass is 10.1. The van der Waals surface area contributed by atoms with Crippen LogP contribution >= 0.6 is 0 Å². The fraction of sp³-hybridized carbons (Fsp3) is 0.188. The zero-order chi connectivity index (χ0) is 15.4. The normalized spacial score (nSPS) is 10.3. The molecule has 0 saturated carbocycles. The first-order valence-corrected chi connectivity index (χ1v) is 6.27. The fourth-order valence-corrected chi connectivity index (χ4v) is 1.85. The SMILES string of the molecule is COc1ccc(C(C)=O)c(OCc2cc(F)ccc2F)c1. The highest BCUT2D eigenvalue weighted by atomic mass is 19.1. The molecule has 2 aromatic rings. The van der Waals surface area contributed by atoms with Crippen LogP contribution in [0, 0.1) is 11.6 Å². The summed E-state index contributed by atoms with van der Waals surface area (Å²) in [5.41, 5.74) is 0.430. The Balaban J connectivity index is 2.26. The van der Waals surface area contributed by atoms with Gasteiger partial charge in [0.05, 0.1) is 12.7 Å². The van der Waals surface area contributed by atoms with Crippen molar-refractivity contribution in [3.63, 3.8) is 0 Å². The summed E-state index contributed by atoms with van der Waals surface area (Å²) < 4.78 is 37.2. The molecule has 0 fully saturated rings. The molecule has 0 saturated heterocycles. The number of benzene rings is 2. The first kappa shape index (κ1) is 15.0. The summed E-state index contributed by atoms with van der Waals surface area (Å²) in [6.45, 7) is 1.22. The van der Waals surface area contributed by atoms with E-state index in [1.54, 1.807) is 12.1 Å². The monoisotopic (exact) mass is 292 g/mol. The molecule has 0 aliphatic rings. The Kier molecular flexibility index (Phi) is 4.52. The third kappa shape index (κ3) is 3.56. The van der Waals surface area contributed by atoms with E-state index < -0.39 is 11.6 Å². The van der Waals surface area contributed by atoms with E-state index in [-0.39, 0.29) is 23.7 Å². The minimum Gasteiger partial charge on any atom is -0.497 e. The number of Topliss-reactive ketones (excluding diaryl/α,β-unsaturated/α-hetero) is 1. The van der Waals surface area contributed by atoms with Crippen LogP contribution in [0.4, 0.5) is 8.78 Å². The van der Waals surface area contributed by atoms with Gasteiger partial charge in [-0.2, -0.15) is 0 Å². The zero-order valence-corrected chi connectivity index (χ0v) is 11.7. The van der Waals surface area contributed by atoms with E-state index in [4.69, 9.17) is 9.47 Å². The minimum absolute atomic E-state index is 0.0762. The Bertz CT molecular complexity index is 669. The van der Waals surface area contributed by atoms with Gasteiger partial charge in [0.25, 0.3) is 0 Å². The molecular weight excluding hydrogens is 278 g/mol. The van der Waals surface area contributed by atoms with Gasteiger partial charge in [-0.1, -0.05) is 0 Å². The van der Waals surface area contributed by atoms with E-state index in [1.165, 1.54) is 20.1 Å². The van der Waals surface area contributed by atoms with E-state index in [0.29, 0.717) is 11.3 Å². The second-order valence-corrected chi connectivity index (χ2v) is 4.44. The van der Waals surface area contributed by atoms with Crippen molar-refractivity contribution >= 4 is 5.78 Å². The van der Waals surface area contributed by atoms with Gasteiger partial charge < -0.3 is 9.47 Å². The summed E-state index contributed by atoms with van der Waals surface area (Å²) in [6.07, 6.45) is 0. The molecule has 0 amide bonds. The summed E-state index contributed by atoms with van der Waals surface area (Å²) in [5, 5.41) is 0. The second kappa shape index (κ2) is 6.35. The quantitative estimate of drug-likeness (QED) is 0.787. The van der Waals surface area contributed by atoms with Crippen molar-refractivity contribution in [3.05, 3.63) is 59.2 Å². The first-order valence-electron chi connectivity index (χ1n) is 6.27. The molecule has 0 radical (unpaired) electrons. The molecule has 110 valence electrons. The highest BCUT2D eigenvalue weighted by Crippen LogP contribution is 2.26. The van der Waals surface area contributed by atoms with Gasteiger partial charge in [0.2, 0.25) is 0 Å². The van der Waals surface area contributed by atoms with E-state index in [2.05, 4.69) is 0 Å². The smallest absolute Gasteiger partial charge is 0.163 e. The van der Waals surface area contributed by atoms with Gasteiger partial charge in [0, 0.05) is 11.6 Å². The van der Waals surface area contributed by atoms with Crippen LogP contribution in [0.3, 0.4) is 0 Å². The Morgan fingerprint density at radius 3 is 2.57 bits per heavy atom. The maximum Gasteiger partial charge on any atom is 0.163 e. The van der Waals surface area contributed by atoms with E-state index >= 15 is 0 Å². The van der Waals surface area contributed by atoms with Crippen LogP contribution in [-0.2, 0) is 6.61 Å². The Morgan fingerprint density at radius 2 is 1.90 bits per heavy atom. The molecule has 21 heavy (non-hydrogen) atoms. The minimum atomic E-state index is -0.566. The van der Waals surface area contributed by atoms with Crippen LogP contribution in [0.2, 0.25) is 0 Å². The highest BCUT2D eigenvalue weighted by molar-refractivity contribution is 5.97. The van der Waals surface area contributed by atoms with Gasteiger partial charge in [-0.05, 0) is 37.3 Å². The van der Waals surface area contributed by atoms with Crippen molar-refractivity contribution in [1.29, 1.82) is 0 Å². The van der Waals surface area contributed by atoms with Crippen molar-refractivity contribution in [2.45, 2.75) is 13.5 Å². The standard InChI is InChI=1S/C16H14F2O3/c1-10(19)14-5-4-13(20-2)8-16(14)21-9-11-7-12(17)3-6-15(11)18/h3-8H,9H2,1-2H3. The molecular formula is C16H14F2O3. The van der Waals surface area contributed by atoms with Gasteiger partial charge in [-0.3, -0.25) is 4.79 Å². The Hall–Kier alpha value is -2.43. The van der Waals surface area contributed by atoms with Crippen LogP contribution < -0.4 is 9.47 Å². The maximum atomic E-state index is 13.5. The third-order valence-corrected chi connectivity index (χ3v) is 2.96. The van der Waals surface area contributed by atoms with Gasteiger partial charge in [-0.25, -0.2) is 8.78 Å². The maximum absolute atomic E-state index is 13.5. The molecule has 0 spiro atoms. The second-order valence-electron chi connectivity index (χ2n) is 4.44. The molecule has 2 rings (SSSR count). The van der Waals surface area contributed by atoms with Crippen molar-refractivity contribution in [2.75, 3.05) is 7.11 Å². The lowest BCUT2D eigenvalue weighted by Crippen LogP contribution is -2.04. The predicted molar refractivity (Wildman–Crippen MR) is 73.7 cm³/mol. The van der Waals surface area contributed by atoms with Crippen molar-refractivity contribution in [3.8, 4) is 11.5 Å². The largest absolute Gasteiger partial charge is 0.497 e. The number of ketones is 1. The molecule has 0 aliphatic carbocycles. The lowest BCUT2D eigenvalue weighted by molar-refractivity contribution is 0.101. The summed E-state index contributed by atoms with van der Waals surface area (Å²) in [7, 11) is 1.48. The lowest BCUT2D eigenvalue weighted by Gasteiger charge is -2.12. The average Bonchev–Trinajstić information content (AvgIpc) is 2.47. The zero-order valence-electron chi connectivity index (χ0n) is 11.7. The summed E-state index contributed by atoms with van der Waals surface area (Å²) >= 11 is 0. The molecule has 0 aliphatic heterocycles. The van der Waals surface area contributed by atoms with Crippen molar-refractivity contribution < 1.29 is 23.0 Å². The molecule has 3 nitrogen and oxygen atoms in total. The number of halogens is 2. The van der Waals surface area contributed by atoms with Crippen LogP contribution in [0.1, 0.15) is 22.8 Å². The number of ether oxygens (including phenoxy) is 2. The molecule has 0 bridgehead atoms.